The van der Waals surface area contributed by atoms with Crippen molar-refractivity contribution in [1.29, 1.82) is 0 Å². The van der Waals surface area contributed by atoms with E-state index in [4.69, 9.17) is 4.74 Å². The second kappa shape index (κ2) is 11.0. The summed E-state index contributed by atoms with van der Waals surface area (Å²) in [6.07, 6.45) is 10.5. The Hall–Kier alpha value is 0.170. The Morgan fingerprint density at radius 3 is 2.06 bits per heavy atom. The predicted molar refractivity (Wildman–Crippen MR) is 70.4 cm³/mol. The molecule has 1 atom stereocenters. The van der Waals surface area contributed by atoms with Gasteiger partial charge in [-0.25, -0.2) is 0 Å². The highest BCUT2D eigenvalue weighted by atomic mass is 35.5. The van der Waals surface area contributed by atoms with Crippen LogP contribution < -0.4 is 17.3 Å². The maximum absolute atomic E-state index is 9.79. The van der Waals surface area contributed by atoms with Crippen LogP contribution >= 0.6 is 0 Å². The molecule has 0 radical (unpaired) electrons. The fraction of sp³-hybridized carbons (Fsp3) is 1.00. The van der Waals surface area contributed by atoms with E-state index in [0.717, 1.165) is 6.54 Å². The molecule has 0 aromatic carbocycles. The van der Waals surface area contributed by atoms with Gasteiger partial charge in [0.15, 0.2) is 0 Å². The summed E-state index contributed by atoms with van der Waals surface area (Å²) in [6, 6.07) is 0. The zero-order chi connectivity index (χ0) is 12.5. The van der Waals surface area contributed by atoms with Gasteiger partial charge >= 0.3 is 0 Å². The molecular weight excluding hydrogens is 250 g/mol. The molecule has 110 valence electrons. The Morgan fingerprint density at radius 2 is 1.56 bits per heavy atom. The molecule has 1 aliphatic rings. The lowest BCUT2D eigenvalue weighted by Gasteiger charge is -2.20. The van der Waals surface area contributed by atoms with Crippen molar-refractivity contribution in [2.45, 2.75) is 63.6 Å². The van der Waals surface area contributed by atoms with Crippen molar-refractivity contribution < 1.29 is 27.2 Å². The Morgan fingerprint density at radius 1 is 1.06 bits per heavy atom. The smallest absolute Gasteiger partial charge is 0.126 e. The third kappa shape index (κ3) is 9.15. The van der Waals surface area contributed by atoms with Crippen LogP contribution in [0.25, 0.3) is 0 Å². The maximum atomic E-state index is 9.79. The van der Waals surface area contributed by atoms with Gasteiger partial charge in [-0.1, -0.05) is 38.5 Å². The molecule has 1 saturated carbocycles. The van der Waals surface area contributed by atoms with Gasteiger partial charge in [-0.15, -0.1) is 0 Å². The summed E-state index contributed by atoms with van der Waals surface area (Å²) in [5.74, 6) is 0. The average Bonchev–Trinajstić information content (AvgIpc) is 2.38. The van der Waals surface area contributed by atoms with Gasteiger partial charge in [-0.2, -0.15) is 0 Å². The van der Waals surface area contributed by atoms with Crippen LogP contribution in [0.15, 0.2) is 0 Å². The predicted octanol–water partition coefficient (Wildman–Crippen LogP) is -1.98. The fourth-order valence-corrected chi connectivity index (χ4v) is 2.54. The molecule has 0 aromatic rings. The van der Waals surface area contributed by atoms with E-state index in [-0.39, 0.29) is 18.5 Å². The molecule has 0 aliphatic heterocycles. The van der Waals surface area contributed by atoms with Gasteiger partial charge in [0.25, 0.3) is 0 Å². The average molecular weight is 280 g/mol. The van der Waals surface area contributed by atoms with E-state index in [0.29, 0.717) is 12.7 Å². The molecule has 0 heterocycles. The Labute approximate surface area is 118 Å². The lowest BCUT2D eigenvalue weighted by atomic mass is 10.1. The largest absolute Gasteiger partial charge is 1.00 e. The number of rotatable bonds is 5. The molecule has 0 aromatic heterocycles. The van der Waals surface area contributed by atoms with Gasteiger partial charge < -0.3 is 27.2 Å². The number of aliphatic hydroxyl groups excluding tert-OH is 1. The molecule has 0 amide bonds. The Kier molecular flexibility index (Phi) is 11.1. The van der Waals surface area contributed by atoms with Gasteiger partial charge in [-0.3, -0.25) is 0 Å². The summed E-state index contributed by atoms with van der Waals surface area (Å²) < 4.78 is 5.87. The summed E-state index contributed by atoms with van der Waals surface area (Å²) in [5.41, 5.74) is 0. The van der Waals surface area contributed by atoms with E-state index in [1.54, 1.807) is 0 Å². The second-order valence-electron chi connectivity index (χ2n) is 5.72. The van der Waals surface area contributed by atoms with Gasteiger partial charge in [0.1, 0.15) is 12.6 Å². The number of quaternary nitrogens is 1. The van der Waals surface area contributed by atoms with Crippen LogP contribution in [0, 0.1) is 0 Å². The van der Waals surface area contributed by atoms with Gasteiger partial charge in [0.05, 0.1) is 26.8 Å². The van der Waals surface area contributed by atoms with E-state index in [1.807, 2.05) is 0 Å². The minimum atomic E-state index is -0.312. The molecular formula is C14H30ClNO2. The summed E-state index contributed by atoms with van der Waals surface area (Å²) in [4.78, 5) is 1.27. The molecule has 0 spiro atoms. The number of ether oxygens (including phenoxy) is 1. The van der Waals surface area contributed by atoms with Gasteiger partial charge in [-0.05, 0) is 12.8 Å². The van der Waals surface area contributed by atoms with Crippen LogP contribution in [0.2, 0.25) is 0 Å². The number of aliphatic hydroxyl groups is 1. The maximum Gasteiger partial charge on any atom is 0.126 e. The normalized spacial score (nSPS) is 20.7. The van der Waals surface area contributed by atoms with Crippen molar-refractivity contribution >= 4 is 0 Å². The minimum Gasteiger partial charge on any atom is -1.00 e. The number of likely N-dealkylation sites (N-methyl/N-ethyl adjacent to an activating group) is 1. The monoisotopic (exact) mass is 279 g/mol. The van der Waals surface area contributed by atoms with Crippen LogP contribution in [0.1, 0.15) is 51.4 Å². The standard InChI is InChI=1S/C14H29NO2.ClH/c1-15(2)11-13(16)12-17-14-9-7-5-3-4-6-8-10-14;/h13-14,16H,3-12H2,1-2H3;1H. The van der Waals surface area contributed by atoms with Crippen LogP contribution in [0.3, 0.4) is 0 Å². The molecule has 3 nitrogen and oxygen atoms in total. The van der Waals surface area contributed by atoms with Crippen molar-refractivity contribution in [2.24, 2.45) is 0 Å². The van der Waals surface area contributed by atoms with E-state index in [9.17, 15) is 5.11 Å². The van der Waals surface area contributed by atoms with Crippen molar-refractivity contribution in [3.05, 3.63) is 0 Å². The van der Waals surface area contributed by atoms with Crippen molar-refractivity contribution in [3.8, 4) is 0 Å². The highest BCUT2D eigenvalue weighted by molar-refractivity contribution is 4.63. The van der Waals surface area contributed by atoms with Gasteiger partial charge in [0, 0.05) is 0 Å². The summed E-state index contributed by atoms with van der Waals surface area (Å²) in [7, 11) is 4.12. The van der Waals surface area contributed by atoms with Crippen LogP contribution in [0.5, 0.6) is 0 Å². The first-order chi connectivity index (χ1) is 8.18. The molecule has 1 fully saturated rings. The highest BCUT2D eigenvalue weighted by Gasteiger charge is 2.14. The van der Waals surface area contributed by atoms with Crippen LogP contribution in [-0.2, 0) is 4.74 Å². The van der Waals surface area contributed by atoms with E-state index in [2.05, 4.69) is 14.1 Å². The van der Waals surface area contributed by atoms with Crippen molar-refractivity contribution in [1.82, 2.24) is 0 Å². The molecule has 1 rings (SSSR count). The first-order valence-electron chi connectivity index (χ1n) is 7.27. The third-order valence-electron chi connectivity index (χ3n) is 3.47. The third-order valence-corrected chi connectivity index (χ3v) is 3.47. The lowest BCUT2D eigenvalue weighted by Crippen LogP contribution is -3.07. The highest BCUT2D eigenvalue weighted by Crippen LogP contribution is 2.19. The lowest BCUT2D eigenvalue weighted by molar-refractivity contribution is -0.861. The Balaban J connectivity index is 0.00000289. The number of hydrogen-bond acceptors (Lipinski definition) is 2. The Bertz CT molecular complexity index is 181. The number of halogens is 1. The molecule has 2 N–H and O–H groups in total. The SMILES string of the molecule is C[NH+](C)CC(O)COC1CCCCCCCC1.[Cl-]. The molecule has 1 unspecified atom stereocenters. The molecule has 4 heteroatoms. The molecule has 18 heavy (non-hydrogen) atoms. The second-order valence-corrected chi connectivity index (χ2v) is 5.72. The fourth-order valence-electron chi connectivity index (χ4n) is 2.54. The summed E-state index contributed by atoms with van der Waals surface area (Å²) in [6.45, 7) is 1.28. The minimum absolute atomic E-state index is 0. The van der Waals surface area contributed by atoms with E-state index in [1.165, 1.54) is 56.3 Å². The molecule has 0 saturated heterocycles. The number of nitrogens with one attached hydrogen (secondary N) is 1. The van der Waals surface area contributed by atoms with Crippen molar-refractivity contribution in [2.75, 3.05) is 27.2 Å². The van der Waals surface area contributed by atoms with Crippen molar-refractivity contribution in [3.63, 3.8) is 0 Å². The van der Waals surface area contributed by atoms with E-state index < -0.39 is 0 Å². The first-order valence-corrected chi connectivity index (χ1v) is 7.27. The molecule has 0 bridgehead atoms. The first kappa shape index (κ1) is 18.2. The molecule has 1 aliphatic carbocycles. The van der Waals surface area contributed by atoms with Crippen LogP contribution in [0.4, 0.5) is 0 Å². The zero-order valence-electron chi connectivity index (χ0n) is 12.0. The van der Waals surface area contributed by atoms with Gasteiger partial charge in [0.2, 0.25) is 0 Å². The summed E-state index contributed by atoms with van der Waals surface area (Å²) in [5, 5.41) is 9.79. The zero-order valence-corrected chi connectivity index (χ0v) is 12.7. The van der Waals surface area contributed by atoms with E-state index >= 15 is 0 Å². The quantitative estimate of drug-likeness (QED) is 0.611. The van der Waals surface area contributed by atoms with Crippen LogP contribution in [-0.4, -0.2) is 44.6 Å². The number of hydrogen-bond donors (Lipinski definition) is 2. The summed E-state index contributed by atoms with van der Waals surface area (Å²) >= 11 is 0. The topological polar surface area (TPSA) is 33.9 Å².